The Morgan fingerprint density at radius 1 is 1.25 bits per heavy atom. The number of aromatic nitrogens is 3. The fourth-order valence-corrected chi connectivity index (χ4v) is 3.87. The maximum absolute atomic E-state index is 9.71. The van der Waals surface area contributed by atoms with Gasteiger partial charge in [0, 0.05) is 28.3 Å². The van der Waals surface area contributed by atoms with Gasteiger partial charge in [0.15, 0.2) is 11.5 Å². The molecule has 140 valence electrons. The summed E-state index contributed by atoms with van der Waals surface area (Å²) in [6.07, 6.45) is 0. The second-order valence-corrected chi connectivity index (χ2v) is 6.91. The smallest absolute Gasteiger partial charge is 0.244 e. The molecule has 0 spiro atoms. The number of nitrogens with one attached hydrogen (secondary N) is 1. The van der Waals surface area contributed by atoms with Gasteiger partial charge in [0.1, 0.15) is 30.0 Å². The van der Waals surface area contributed by atoms with Gasteiger partial charge in [0.05, 0.1) is 11.4 Å². The summed E-state index contributed by atoms with van der Waals surface area (Å²) < 4.78 is 16.8. The third-order valence-electron chi connectivity index (χ3n) is 4.90. The molecule has 2 aliphatic heterocycles. The van der Waals surface area contributed by atoms with Crippen LogP contribution in [0.2, 0.25) is 5.15 Å². The molecule has 5 rings (SSSR count). The summed E-state index contributed by atoms with van der Waals surface area (Å²) in [5, 5.41) is 17.8. The van der Waals surface area contributed by atoms with Crippen LogP contribution in [0, 0.1) is 18.3 Å². The van der Waals surface area contributed by atoms with E-state index in [1.54, 1.807) is 6.07 Å². The largest absolute Gasteiger partial charge is 0.486 e. The van der Waals surface area contributed by atoms with E-state index in [1.807, 2.05) is 19.1 Å². The van der Waals surface area contributed by atoms with E-state index in [2.05, 4.69) is 21.3 Å². The zero-order chi connectivity index (χ0) is 19.4. The first-order valence-corrected chi connectivity index (χ1v) is 8.97. The van der Waals surface area contributed by atoms with Crippen molar-refractivity contribution in [1.29, 1.82) is 5.26 Å². The zero-order valence-corrected chi connectivity index (χ0v) is 15.5. The quantitative estimate of drug-likeness (QED) is 0.608. The van der Waals surface area contributed by atoms with Crippen molar-refractivity contribution in [2.45, 2.75) is 12.8 Å². The molecular weight excluding hydrogens is 382 g/mol. The summed E-state index contributed by atoms with van der Waals surface area (Å²) in [6, 6.07) is 7.69. The van der Waals surface area contributed by atoms with E-state index in [0.29, 0.717) is 47.2 Å². The average molecular weight is 396 g/mol. The SMILES string of the molecule is Cc1[nH]nc2c1[C@H](c1cc3cc4c(cc3nc1Cl)OCCO4)C(C#N)=C(N)O2. The minimum atomic E-state index is -0.537. The lowest BCUT2D eigenvalue weighted by molar-refractivity contribution is 0.172. The van der Waals surface area contributed by atoms with Gasteiger partial charge in [0.25, 0.3) is 0 Å². The lowest BCUT2D eigenvalue weighted by atomic mass is 9.84. The topological polar surface area (TPSA) is 119 Å². The molecule has 3 aromatic rings. The minimum absolute atomic E-state index is 0.00448. The van der Waals surface area contributed by atoms with Crippen molar-refractivity contribution < 1.29 is 14.2 Å². The summed E-state index contributed by atoms with van der Waals surface area (Å²) in [4.78, 5) is 4.53. The van der Waals surface area contributed by atoms with Crippen molar-refractivity contribution in [3.05, 3.63) is 51.6 Å². The number of benzene rings is 1. The van der Waals surface area contributed by atoms with Gasteiger partial charge in [-0.05, 0) is 19.1 Å². The van der Waals surface area contributed by atoms with E-state index in [0.717, 1.165) is 11.1 Å². The first-order chi connectivity index (χ1) is 13.6. The van der Waals surface area contributed by atoms with Crippen LogP contribution in [0.4, 0.5) is 0 Å². The normalized spacial score (nSPS) is 17.8. The van der Waals surface area contributed by atoms with E-state index in [1.165, 1.54) is 0 Å². The lowest BCUT2D eigenvalue weighted by Crippen LogP contribution is -2.21. The van der Waals surface area contributed by atoms with E-state index in [4.69, 9.17) is 31.5 Å². The molecule has 8 nitrogen and oxygen atoms in total. The number of nitrogens with zero attached hydrogens (tertiary/aromatic N) is 3. The van der Waals surface area contributed by atoms with Crippen LogP contribution in [0.1, 0.15) is 22.7 Å². The molecule has 9 heteroatoms. The summed E-state index contributed by atoms with van der Waals surface area (Å²) in [7, 11) is 0. The van der Waals surface area contributed by atoms with Gasteiger partial charge >= 0.3 is 0 Å². The van der Waals surface area contributed by atoms with Crippen LogP contribution in [-0.4, -0.2) is 28.4 Å². The number of nitrogens with two attached hydrogens (primary N) is 1. The van der Waals surface area contributed by atoms with Gasteiger partial charge in [-0.3, -0.25) is 5.10 Å². The van der Waals surface area contributed by atoms with Gasteiger partial charge in [0.2, 0.25) is 11.8 Å². The number of halogens is 1. The Morgan fingerprint density at radius 2 is 2.00 bits per heavy atom. The Morgan fingerprint density at radius 3 is 2.75 bits per heavy atom. The highest BCUT2D eigenvalue weighted by molar-refractivity contribution is 6.30. The summed E-state index contributed by atoms with van der Waals surface area (Å²) in [6.45, 7) is 2.83. The van der Waals surface area contributed by atoms with Crippen molar-refractivity contribution in [2.75, 3.05) is 13.2 Å². The molecule has 0 amide bonds. The van der Waals surface area contributed by atoms with E-state index in [9.17, 15) is 5.26 Å². The molecule has 0 fully saturated rings. The monoisotopic (exact) mass is 395 g/mol. The van der Waals surface area contributed by atoms with Gasteiger partial charge in [-0.25, -0.2) is 4.98 Å². The molecular formula is C19H14ClN5O3. The number of hydrogen-bond acceptors (Lipinski definition) is 7. The van der Waals surface area contributed by atoms with E-state index >= 15 is 0 Å². The Bertz CT molecular complexity index is 1210. The fourth-order valence-electron chi connectivity index (χ4n) is 3.62. The van der Waals surface area contributed by atoms with Crippen LogP contribution in [0.25, 0.3) is 10.9 Å². The van der Waals surface area contributed by atoms with Crippen molar-refractivity contribution >= 4 is 22.5 Å². The predicted octanol–water partition coefficient (Wildman–Crippen LogP) is 2.91. The van der Waals surface area contributed by atoms with Crippen molar-refractivity contribution in [1.82, 2.24) is 15.2 Å². The average Bonchev–Trinajstić information content (AvgIpc) is 3.05. The molecule has 0 radical (unpaired) electrons. The highest BCUT2D eigenvalue weighted by Gasteiger charge is 2.36. The highest BCUT2D eigenvalue weighted by atomic mass is 35.5. The second kappa shape index (κ2) is 6.04. The van der Waals surface area contributed by atoms with Crippen molar-refractivity contribution in [3.63, 3.8) is 0 Å². The van der Waals surface area contributed by atoms with Crippen LogP contribution in [0.3, 0.4) is 0 Å². The number of fused-ring (bicyclic) bond motifs is 3. The highest BCUT2D eigenvalue weighted by Crippen LogP contribution is 2.45. The van der Waals surface area contributed by atoms with Gasteiger partial charge in [-0.15, -0.1) is 5.10 Å². The standard InChI is InChI=1S/C19H14ClN5O3/c1-8-15-16(11(7-21)18(22)28-19(15)25-24-8)10-4-9-5-13-14(27-3-2-26-13)6-12(9)23-17(10)20/h4-6,16H,2-3,22H2,1H3,(H,24,25)/t16-/m1/s1. The third-order valence-corrected chi connectivity index (χ3v) is 5.20. The molecule has 1 atom stereocenters. The zero-order valence-electron chi connectivity index (χ0n) is 14.7. The Hall–Kier alpha value is -3.44. The fraction of sp³-hybridized carbons (Fsp3) is 0.211. The number of hydrogen-bond donors (Lipinski definition) is 2. The predicted molar refractivity (Wildman–Crippen MR) is 100 cm³/mol. The Kier molecular flexibility index (Phi) is 3.60. The molecule has 1 aromatic carbocycles. The molecule has 3 N–H and O–H groups in total. The van der Waals surface area contributed by atoms with Crippen LogP contribution < -0.4 is 19.9 Å². The molecule has 0 bridgehead atoms. The first kappa shape index (κ1) is 16.7. The van der Waals surface area contributed by atoms with E-state index in [-0.39, 0.29) is 16.6 Å². The molecule has 4 heterocycles. The van der Waals surface area contributed by atoms with Gasteiger partial charge < -0.3 is 19.9 Å². The molecule has 0 saturated carbocycles. The first-order valence-electron chi connectivity index (χ1n) is 8.59. The molecule has 0 unspecified atom stereocenters. The number of aryl methyl sites for hydroxylation is 1. The lowest BCUT2D eigenvalue weighted by Gasteiger charge is -2.24. The summed E-state index contributed by atoms with van der Waals surface area (Å²) in [5.41, 5.74) is 9.02. The van der Waals surface area contributed by atoms with Crippen LogP contribution in [0.15, 0.2) is 29.7 Å². The number of H-pyrrole nitrogens is 1. The number of pyridine rings is 1. The Labute approximate surface area is 164 Å². The Balaban J connectivity index is 1.75. The van der Waals surface area contributed by atoms with E-state index < -0.39 is 5.92 Å². The molecule has 2 aromatic heterocycles. The summed E-state index contributed by atoms with van der Waals surface area (Å²) in [5.74, 6) is 1.08. The van der Waals surface area contributed by atoms with Crippen LogP contribution in [0.5, 0.6) is 17.4 Å². The number of rotatable bonds is 1. The third kappa shape index (κ3) is 2.37. The number of allylic oxidation sites excluding steroid dienone is 1. The van der Waals surface area contributed by atoms with Crippen molar-refractivity contribution in [2.24, 2.45) is 5.73 Å². The van der Waals surface area contributed by atoms with Crippen LogP contribution in [-0.2, 0) is 0 Å². The maximum atomic E-state index is 9.71. The number of aromatic amines is 1. The number of ether oxygens (including phenoxy) is 3. The van der Waals surface area contributed by atoms with Gasteiger partial charge in [-0.2, -0.15) is 5.26 Å². The van der Waals surface area contributed by atoms with Crippen molar-refractivity contribution in [3.8, 4) is 23.4 Å². The minimum Gasteiger partial charge on any atom is -0.486 e. The summed E-state index contributed by atoms with van der Waals surface area (Å²) >= 11 is 6.55. The second-order valence-electron chi connectivity index (χ2n) is 6.55. The molecule has 28 heavy (non-hydrogen) atoms. The maximum Gasteiger partial charge on any atom is 0.244 e. The van der Waals surface area contributed by atoms with Gasteiger partial charge in [-0.1, -0.05) is 11.6 Å². The van der Waals surface area contributed by atoms with Crippen LogP contribution >= 0.6 is 11.6 Å². The number of nitriles is 1. The molecule has 0 aliphatic carbocycles. The molecule has 0 saturated heterocycles. The molecule has 2 aliphatic rings.